The summed E-state index contributed by atoms with van der Waals surface area (Å²) in [6, 6.07) is 59.4. The van der Waals surface area contributed by atoms with Crippen molar-refractivity contribution >= 4 is 139 Å². The van der Waals surface area contributed by atoms with E-state index in [-0.39, 0.29) is 39.0 Å². The molecular weight excluding hydrogens is 1310 g/mol. The van der Waals surface area contributed by atoms with E-state index in [4.69, 9.17) is 19.8 Å². The fourth-order valence-electron chi connectivity index (χ4n) is 7.34. The van der Waals surface area contributed by atoms with E-state index in [1.54, 1.807) is 0 Å². The minimum atomic E-state index is -5.08. The SMILES string of the molecule is C[Si](C)(C)c1c[c-]c(P(c2ccc([Si](C)(C)C)cc2)c2ccc([Si](C)(C)C)cc2)cc1.C[Si](C)(C)c1c[c-]c(P(c2ccc([Si](C)(C)C)cc2)c2ccc([Si](C)(C)C)cc2)cc1.O=C(O)C(F)(F)F.O=C(O)C(F)(F)F.[Rh].[Rh]. The van der Waals surface area contributed by atoms with E-state index in [1.165, 1.54) is 62.9 Å². The van der Waals surface area contributed by atoms with Gasteiger partial charge in [0.25, 0.3) is 0 Å². The molecule has 0 unspecified atom stereocenters. The summed E-state index contributed by atoms with van der Waals surface area (Å²) < 4.78 is 63.5. The number of hydrogen-bond acceptors (Lipinski definition) is 2. The van der Waals surface area contributed by atoms with Crippen LogP contribution in [0.1, 0.15) is 0 Å². The molecule has 0 aromatic heterocycles. The summed E-state index contributed by atoms with van der Waals surface area (Å²) in [5.74, 6) is -5.51. The second-order valence-electron chi connectivity index (χ2n) is 24.9. The van der Waals surface area contributed by atoms with Gasteiger partial charge in [0.1, 0.15) is 0 Å². The Morgan fingerprint density at radius 3 is 0.603 bits per heavy atom. The molecule has 0 fully saturated rings. The summed E-state index contributed by atoms with van der Waals surface area (Å²) in [6.07, 6.45) is -10.2. The molecule has 0 aliphatic carbocycles. The summed E-state index contributed by atoms with van der Waals surface area (Å²) in [5.41, 5.74) is 0. The number of carboxylic acid groups (broad SMARTS) is 2. The summed E-state index contributed by atoms with van der Waals surface area (Å²) in [6.45, 7) is 43.5. The maximum absolute atomic E-state index is 10.6. The molecule has 78 heavy (non-hydrogen) atoms. The number of alkyl halides is 6. The topological polar surface area (TPSA) is 74.6 Å². The third-order valence-corrected chi connectivity index (χ3v) is 29.4. The Kier molecular flexibility index (Phi) is 27.2. The Labute approximate surface area is 496 Å². The van der Waals surface area contributed by atoms with Crippen molar-refractivity contribution in [3.05, 3.63) is 146 Å². The van der Waals surface area contributed by atoms with Crippen molar-refractivity contribution in [3.63, 3.8) is 0 Å². The molecule has 2 N–H and O–H groups in total. The fourth-order valence-corrected chi connectivity index (χ4v) is 18.5. The van der Waals surface area contributed by atoms with Gasteiger partial charge >= 0.3 is 24.3 Å². The van der Waals surface area contributed by atoms with Gasteiger partial charge in [0.15, 0.2) is 0 Å². The average Bonchev–Trinajstić information content (AvgIpc) is 3.28. The molecule has 6 aromatic carbocycles. The number of aliphatic carboxylic acids is 2. The van der Waals surface area contributed by atoms with E-state index in [1.807, 2.05) is 0 Å². The van der Waals surface area contributed by atoms with E-state index in [0.717, 1.165) is 0 Å². The van der Waals surface area contributed by atoms with Crippen LogP contribution < -0.4 is 62.9 Å². The van der Waals surface area contributed by atoms with Crippen molar-refractivity contribution in [2.45, 2.75) is 130 Å². The van der Waals surface area contributed by atoms with E-state index in [0.29, 0.717) is 0 Å². The number of benzene rings is 6. The number of carbonyl (C=O) groups is 2. The first-order chi connectivity index (χ1) is 34.4. The summed E-state index contributed by atoms with van der Waals surface area (Å²) >= 11 is 0. The van der Waals surface area contributed by atoms with Gasteiger partial charge in [-0.25, -0.2) is 9.59 Å². The molecule has 4 nitrogen and oxygen atoms in total. The third-order valence-electron chi connectivity index (χ3n) is 12.3. The van der Waals surface area contributed by atoms with Crippen LogP contribution in [0.15, 0.2) is 133 Å². The zero-order valence-corrected chi connectivity index (χ0v) is 59.3. The Bertz CT molecular complexity index is 2350. The summed E-state index contributed by atoms with van der Waals surface area (Å²) in [4.78, 5) is 17.8. The van der Waals surface area contributed by atoms with Gasteiger partial charge in [-0.3, -0.25) is 0 Å². The monoisotopic (exact) mass is 1390 g/mol. The second-order valence-corrected chi connectivity index (χ2v) is 59.7. The molecule has 6 rings (SSSR count). The van der Waals surface area contributed by atoms with Crippen LogP contribution in [0, 0.1) is 12.1 Å². The van der Waals surface area contributed by atoms with Crippen LogP contribution in [0.4, 0.5) is 26.3 Å². The Hall–Kier alpha value is -2.75. The van der Waals surface area contributed by atoms with Gasteiger partial charge < -0.3 is 10.2 Å². The van der Waals surface area contributed by atoms with Gasteiger partial charge in [0.2, 0.25) is 0 Å². The van der Waals surface area contributed by atoms with Crippen LogP contribution >= 0.6 is 15.8 Å². The molecule has 0 saturated carbocycles. The van der Waals surface area contributed by atoms with E-state index >= 15 is 0 Å². The molecule has 0 spiro atoms. The second kappa shape index (κ2) is 29.0. The minimum absolute atomic E-state index is 0. The van der Waals surface area contributed by atoms with Crippen molar-refractivity contribution < 1.29 is 85.1 Å². The average molecular weight is 1390 g/mol. The van der Waals surface area contributed by atoms with Gasteiger partial charge in [0, 0.05) is 55.1 Å². The summed E-state index contributed by atoms with van der Waals surface area (Å²) in [5, 5.41) is 31.7. The number of hydrogen-bond donors (Lipinski definition) is 2. The van der Waals surface area contributed by atoms with Crippen LogP contribution in [-0.2, 0) is 48.5 Å². The predicted octanol–water partition coefficient (Wildman–Crippen LogP) is 11.0. The van der Waals surface area contributed by atoms with E-state index in [2.05, 4.69) is 263 Å². The quantitative estimate of drug-likeness (QED) is 0.0554. The predicted molar refractivity (Wildman–Crippen MR) is 333 cm³/mol. The van der Waals surface area contributed by atoms with Crippen LogP contribution in [0.5, 0.6) is 0 Å². The largest absolute Gasteiger partial charge is 0.490 e. The van der Waals surface area contributed by atoms with Crippen LogP contribution in [0.2, 0.25) is 118 Å². The zero-order chi connectivity index (χ0) is 58.2. The van der Waals surface area contributed by atoms with Gasteiger partial charge in [-0.1, -0.05) is 236 Å². The first kappa shape index (κ1) is 73.3. The van der Waals surface area contributed by atoms with Gasteiger partial charge in [-0.05, 0) is 37.1 Å². The van der Waals surface area contributed by atoms with Crippen LogP contribution in [0.25, 0.3) is 0 Å². The van der Waals surface area contributed by atoms with Gasteiger partial charge in [-0.2, -0.15) is 85.2 Å². The van der Waals surface area contributed by atoms with Crippen molar-refractivity contribution in [2.75, 3.05) is 0 Å². The number of halogens is 6. The van der Waals surface area contributed by atoms with E-state index < -0.39 is 88.6 Å². The normalized spacial score (nSPS) is 12.3. The van der Waals surface area contributed by atoms with Crippen molar-refractivity contribution in [1.29, 1.82) is 0 Å². The Morgan fingerprint density at radius 2 is 0.487 bits per heavy atom. The molecule has 430 valence electrons. The molecule has 2 radical (unpaired) electrons. The molecule has 6 aromatic rings. The smallest absolute Gasteiger partial charge is 0.475 e. The third kappa shape index (κ3) is 22.9. The van der Waals surface area contributed by atoms with Crippen LogP contribution in [0.3, 0.4) is 0 Å². The van der Waals surface area contributed by atoms with Gasteiger partial charge in [-0.15, -0.1) is 10.6 Å². The van der Waals surface area contributed by atoms with Gasteiger partial charge in [0.05, 0.1) is 32.3 Å². The van der Waals surface area contributed by atoms with Crippen molar-refractivity contribution in [1.82, 2.24) is 0 Å². The molecule has 0 atom stereocenters. The number of rotatable bonds is 12. The molecule has 20 heteroatoms. The molecule has 0 saturated heterocycles. The zero-order valence-electron chi connectivity index (χ0n) is 48.2. The Balaban J connectivity index is 0.000000614. The van der Waals surface area contributed by atoms with Crippen molar-refractivity contribution in [3.8, 4) is 0 Å². The maximum Gasteiger partial charge on any atom is 0.490 e. The molecule has 0 bridgehead atoms. The molecule has 0 amide bonds. The number of carboxylic acids is 2. The molecule has 0 aliphatic rings. The maximum atomic E-state index is 10.6. The molecule has 0 heterocycles. The fraction of sp³-hybridized carbons (Fsp3) is 0.345. The first-order valence-corrected chi connectivity index (χ1v) is 48.8. The van der Waals surface area contributed by atoms with E-state index in [9.17, 15) is 26.3 Å². The first-order valence-electron chi connectivity index (χ1n) is 25.1. The van der Waals surface area contributed by atoms with Crippen LogP contribution in [-0.4, -0.2) is 82.9 Å². The molecular formula is C58H78F6O4P2Rh2Si6-2. The standard InChI is InChI=1S/2C27H38PSi3.2C2HF3O2.2Rh/c2*1-29(2,3)25-16-10-22(11-17-25)28(23-12-18-26(19-13-23)30(4,5)6)24-14-20-27(21-15-24)31(7,8)9;2*3-2(4,5)1(6)7;;/h2*10-14,16-21H,1-9H3;2*(H,6,7);;/q2*-1;;;;. The summed E-state index contributed by atoms with van der Waals surface area (Å²) in [7, 11) is -9.03. The Morgan fingerprint density at radius 1 is 0.333 bits per heavy atom. The minimum Gasteiger partial charge on any atom is -0.475 e. The van der Waals surface area contributed by atoms with Crippen molar-refractivity contribution in [2.24, 2.45) is 0 Å². The molecule has 0 aliphatic heterocycles.